The van der Waals surface area contributed by atoms with Crippen molar-refractivity contribution in [1.29, 1.82) is 0 Å². The van der Waals surface area contributed by atoms with Crippen LogP contribution >= 0.6 is 0 Å². The van der Waals surface area contributed by atoms with Gasteiger partial charge in [-0.05, 0) is 33.9 Å². The minimum Gasteiger partial charge on any atom is -0.493 e. The first-order chi connectivity index (χ1) is 9.60. The number of para-hydroxylation sites is 1. The van der Waals surface area contributed by atoms with Crippen LogP contribution in [0.4, 0.5) is 0 Å². The lowest BCUT2D eigenvalue weighted by Crippen LogP contribution is -2.33. The van der Waals surface area contributed by atoms with E-state index in [4.69, 9.17) is 9.47 Å². The van der Waals surface area contributed by atoms with Crippen molar-refractivity contribution in [2.24, 2.45) is 0 Å². The third-order valence-corrected chi connectivity index (χ3v) is 3.40. The van der Waals surface area contributed by atoms with Gasteiger partial charge < -0.3 is 19.7 Å². The van der Waals surface area contributed by atoms with Crippen molar-refractivity contribution in [3.8, 4) is 11.5 Å². The first-order valence-corrected chi connectivity index (χ1v) is 7.29. The van der Waals surface area contributed by atoms with Gasteiger partial charge in [-0.3, -0.25) is 0 Å². The van der Waals surface area contributed by atoms with Crippen LogP contribution in [-0.2, 0) is 6.54 Å². The zero-order valence-corrected chi connectivity index (χ0v) is 13.4. The Hall–Kier alpha value is -1.26. The zero-order chi connectivity index (χ0) is 15.0. The van der Waals surface area contributed by atoms with Crippen LogP contribution in [0.5, 0.6) is 11.5 Å². The molecule has 1 aromatic carbocycles. The predicted molar refractivity (Wildman–Crippen MR) is 83.6 cm³/mol. The molecule has 0 saturated heterocycles. The van der Waals surface area contributed by atoms with Crippen LogP contribution in [0.25, 0.3) is 0 Å². The van der Waals surface area contributed by atoms with Crippen LogP contribution in [0.3, 0.4) is 0 Å². The number of methoxy groups -OCH3 is 1. The summed E-state index contributed by atoms with van der Waals surface area (Å²) in [5, 5.41) is 3.45. The largest absolute Gasteiger partial charge is 0.493 e. The summed E-state index contributed by atoms with van der Waals surface area (Å²) < 4.78 is 11.1. The van der Waals surface area contributed by atoms with E-state index in [1.165, 1.54) is 0 Å². The minimum atomic E-state index is 0.576. The summed E-state index contributed by atoms with van der Waals surface area (Å²) in [4.78, 5) is 2.32. The molecule has 0 radical (unpaired) electrons. The van der Waals surface area contributed by atoms with E-state index in [1.807, 2.05) is 19.1 Å². The number of ether oxygens (including phenoxy) is 2. The third-order valence-electron chi connectivity index (χ3n) is 3.40. The highest BCUT2D eigenvalue weighted by atomic mass is 16.5. The average molecular weight is 280 g/mol. The van der Waals surface area contributed by atoms with Gasteiger partial charge in [-0.25, -0.2) is 0 Å². The van der Waals surface area contributed by atoms with E-state index in [9.17, 15) is 0 Å². The molecule has 0 aliphatic heterocycles. The standard InChI is InChI=1S/C16H28N2O2/c1-6-20-15-9-7-8-14(16(15)19-5)12-17-10-11-18(4)13(2)3/h7-9,13,17H,6,10-12H2,1-5H3. The molecule has 1 N–H and O–H groups in total. The molecule has 0 aromatic heterocycles. The van der Waals surface area contributed by atoms with Crippen molar-refractivity contribution in [3.63, 3.8) is 0 Å². The molecule has 0 bridgehead atoms. The van der Waals surface area contributed by atoms with Gasteiger partial charge in [0.2, 0.25) is 0 Å². The Morgan fingerprint density at radius 2 is 2.05 bits per heavy atom. The second-order valence-corrected chi connectivity index (χ2v) is 5.13. The van der Waals surface area contributed by atoms with Crippen molar-refractivity contribution in [1.82, 2.24) is 10.2 Å². The maximum absolute atomic E-state index is 5.58. The molecule has 0 aliphatic carbocycles. The van der Waals surface area contributed by atoms with E-state index in [0.29, 0.717) is 12.6 Å². The second-order valence-electron chi connectivity index (χ2n) is 5.13. The number of likely N-dealkylation sites (N-methyl/N-ethyl adjacent to an activating group) is 1. The highest BCUT2D eigenvalue weighted by Gasteiger charge is 2.09. The summed E-state index contributed by atoms with van der Waals surface area (Å²) in [6.07, 6.45) is 0. The normalized spacial score (nSPS) is 11.2. The van der Waals surface area contributed by atoms with Gasteiger partial charge in [0.15, 0.2) is 11.5 Å². The molecule has 0 atom stereocenters. The summed E-state index contributed by atoms with van der Waals surface area (Å²) in [7, 11) is 3.83. The van der Waals surface area contributed by atoms with Gasteiger partial charge in [-0.2, -0.15) is 0 Å². The molecule has 1 aromatic rings. The van der Waals surface area contributed by atoms with Crippen LogP contribution in [0.2, 0.25) is 0 Å². The van der Waals surface area contributed by atoms with E-state index in [1.54, 1.807) is 7.11 Å². The number of benzene rings is 1. The molecule has 114 valence electrons. The lowest BCUT2D eigenvalue weighted by Gasteiger charge is -2.21. The van der Waals surface area contributed by atoms with Gasteiger partial charge in [0.25, 0.3) is 0 Å². The van der Waals surface area contributed by atoms with Gasteiger partial charge in [0, 0.05) is 31.2 Å². The van der Waals surface area contributed by atoms with Crippen LogP contribution in [0.15, 0.2) is 18.2 Å². The van der Waals surface area contributed by atoms with Crippen LogP contribution in [-0.4, -0.2) is 44.8 Å². The van der Waals surface area contributed by atoms with Gasteiger partial charge in [-0.1, -0.05) is 12.1 Å². The number of rotatable bonds is 9. The molecule has 0 saturated carbocycles. The molecule has 0 amide bonds. The number of hydrogen-bond donors (Lipinski definition) is 1. The molecule has 4 nitrogen and oxygen atoms in total. The lowest BCUT2D eigenvalue weighted by atomic mass is 10.2. The van der Waals surface area contributed by atoms with Crippen LogP contribution < -0.4 is 14.8 Å². The highest BCUT2D eigenvalue weighted by molar-refractivity contribution is 5.46. The van der Waals surface area contributed by atoms with E-state index in [0.717, 1.165) is 36.7 Å². The van der Waals surface area contributed by atoms with Crippen LogP contribution in [0, 0.1) is 0 Å². The van der Waals surface area contributed by atoms with Crippen molar-refractivity contribution in [3.05, 3.63) is 23.8 Å². The zero-order valence-electron chi connectivity index (χ0n) is 13.4. The minimum absolute atomic E-state index is 0.576. The van der Waals surface area contributed by atoms with Crippen molar-refractivity contribution >= 4 is 0 Å². The topological polar surface area (TPSA) is 33.7 Å². The van der Waals surface area contributed by atoms with Crippen molar-refractivity contribution < 1.29 is 9.47 Å². The number of hydrogen-bond acceptors (Lipinski definition) is 4. The third kappa shape index (κ3) is 5.02. The average Bonchev–Trinajstić information content (AvgIpc) is 2.43. The van der Waals surface area contributed by atoms with Gasteiger partial charge in [0.1, 0.15) is 0 Å². The fourth-order valence-corrected chi connectivity index (χ4v) is 1.94. The molecular weight excluding hydrogens is 252 g/mol. The molecule has 0 heterocycles. The molecule has 0 spiro atoms. The molecular formula is C16H28N2O2. The Morgan fingerprint density at radius 1 is 1.30 bits per heavy atom. The van der Waals surface area contributed by atoms with Crippen molar-refractivity contribution in [2.45, 2.75) is 33.4 Å². The Labute approximate surface area is 123 Å². The molecule has 0 aliphatic rings. The molecule has 20 heavy (non-hydrogen) atoms. The van der Waals surface area contributed by atoms with E-state index in [-0.39, 0.29) is 0 Å². The van der Waals surface area contributed by atoms with Crippen LogP contribution in [0.1, 0.15) is 26.3 Å². The second kappa shape index (κ2) is 8.82. The van der Waals surface area contributed by atoms with E-state index >= 15 is 0 Å². The summed E-state index contributed by atoms with van der Waals surface area (Å²) in [6.45, 7) is 9.81. The molecule has 0 unspecified atom stereocenters. The van der Waals surface area contributed by atoms with Crippen molar-refractivity contribution in [2.75, 3.05) is 33.9 Å². The number of nitrogens with zero attached hydrogens (tertiary/aromatic N) is 1. The van der Waals surface area contributed by atoms with Gasteiger partial charge >= 0.3 is 0 Å². The first kappa shape index (κ1) is 16.8. The maximum Gasteiger partial charge on any atom is 0.165 e. The fraction of sp³-hybridized carbons (Fsp3) is 0.625. The molecule has 4 heteroatoms. The Bertz CT molecular complexity index is 394. The monoisotopic (exact) mass is 280 g/mol. The van der Waals surface area contributed by atoms with Gasteiger partial charge in [-0.15, -0.1) is 0 Å². The lowest BCUT2D eigenvalue weighted by molar-refractivity contribution is 0.272. The summed E-state index contributed by atoms with van der Waals surface area (Å²) in [6, 6.07) is 6.59. The van der Waals surface area contributed by atoms with E-state index in [2.05, 4.69) is 37.2 Å². The van der Waals surface area contributed by atoms with E-state index < -0.39 is 0 Å². The molecule has 1 rings (SSSR count). The fourth-order valence-electron chi connectivity index (χ4n) is 1.94. The Balaban J connectivity index is 2.53. The smallest absolute Gasteiger partial charge is 0.165 e. The summed E-state index contributed by atoms with van der Waals surface area (Å²) in [5.41, 5.74) is 1.13. The van der Waals surface area contributed by atoms with Gasteiger partial charge in [0.05, 0.1) is 13.7 Å². The maximum atomic E-state index is 5.58. The first-order valence-electron chi connectivity index (χ1n) is 7.29. The SMILES string of the molecule is CCOc1cccc(CNCCN(C)C(C)C)c1OC. The Kier molecular flexibility index (Phi) is 7.41. The highest BCUT2D eigenvalue weighted by Crippen LogP contribution is 2.30. The number of nitrogens with one attached hydrogen (secondary N) is 1. The summed E-state index contributed by atoms with van der Waals surface area (Å²) >= 11 is 0. The molecule has 0 fully saturated rings. The summed E-state index contributed by atoms with van der Waals surface area (Å²) in [5.74, 6) is 1.65. The quantitative estimate of drug-likeness (QED) is 0.705. The predicted octanol–water partition coefficient (Wildman–Crippen LogP) is 2.52. The Morgan fingerprint density at radius 3 is 2.65 bits per heavy atom.